The van der Waals surface area contributed by atoms with Crippen molar-refractivity contribution in [3.05, 3.63) is 17.7 Å². The van der Waals surface area contributed by atoms with Gasteiger partial charge in [0.05, 0.1) is 0 Å². The van der Waals surface area contributed by atoms with Crippen LogP contribution in [-0.2, 0) is 6.54 Å². The number of aromatic amines is 1. The van der Waals surface area contributed by atoms with E-state index < -0.39 is 0 Å². The van der Waals surface area contributed by atoms with Gasteiger partial charge in [0.1, 0.15) is 5.82 Å². The lowest BCUT2D eigenvalue weighted by Gasteiger charge is -2.29. The normalized spacial score (nSPS) is 24.3. The number of aromatic nitrogens is 2. The summed E-state index contributed by atoms with van der Waals surface area (Å²) in [5.41, 5.74) is 1.36. The molecule has 1 aliphatic carbocycles. The second-order valence-electron chi connectivity index (χ2n) is 7.75. The van der Waals surface area contributed by atoms with Gasteiger partial charge in [-0.25, -0.2) is 4.98 Å². The molecule has 1 heterocycles. The van der Waals surface area contributed by atoms with Gasteiger partial charge in [0.15, 0.2) is 0 Å². The summed E-state index contributed by atoms with van der Waals surface area (Å²) >= 11 is 0. The molecule has 0 aromatic carbocycles. The minimum absolute atomic E-state index is 0.153. The summed E-state index contributed by atoms with van der Waals surface area (Å²) in [6.07, 6.45) is 7.31. The largest absolute Gasteiger partial charge is 0.345 e. The molecule has 1 saturated carbocycles. The molecule has 0 radical (unpaired) electrons. The molecule has 1 aliphatic rings. The third-order valence-corrected chi connectivity index (χ3v) is 4.56. The van der Waals surface area contributed by atoms with Gasteiger partial charge in [-0.05, 0) is 58.3 Å². The minimum atomic E-state index is 0.153. The number of hydrogen-bond donors (Lipinski definition) is 2. The van der Waals surface area contributed by atoms with E-state index in [9.17, 15) is 0 Å². The molecule has 0 spiro atoms. The molecule has 0 bridgehead atoms. The van der Waals surface area contributed by atoms with Crippen molar-refractivity contribution in [3.63, 3.8) is 0 Å². The Hall–Kier alpha value is -0.830. The van der Waals surface area contributed by atoms with Gasteiger partial charge in [0, 0.05) is 29.9 Å². The molecule has 0 unspecified atom stereocenters. The quantitative estimate of drug-likeness (QED) is 0.864. The molecule has 2 N–H and O–H groups in total. The number of rotatable bonds is 4. The van der Waals surface area contributed by atoms with Crippen molar-refractivity contribution in [2.24, 2.45) is 11.8 Å². The maximum Gasteiger partial charge on any atom is 0.109 e. The lowest BCUT2D eigenvalue weighted by molar-refractivity contribution is 0.255. The maximum absolute atomic E-state index is 4.61. The Morgan fingerprint density at radius 1 is 1.25 bits per heavy atom. The first-order valence-electron chi connectivity index (χ1n) is 8.14. The highest BCUT2D eigenvalue weighted by atomic mass is 15.0. The molecule has 2 rings (SSSR count). The van der Waals surface area contributed by atoms with Crippen LogP contribution >= 0.6 is 0 Å². The number of H-pyrrole nitrogens is 1. The van der Waals surface area contributed by atoms with Gasteiger partial charge in [-0.3, -0.25) is 0 Å². The monoisotopic (exact) mass is 277 g/mol. The first-order valence-corrected chi connectivity index (χ1v) is 8.14. The van der Waals surface area contributed by atoms with E-state index in [0.717, 1.165) is 18.4 Å². The van der Waals surface area contributed by atoms with E-state index >= 15 is 0 Å². The molecule has 3 nitrogen and oxygen atoms in total. The smallest absolute Gasteiger partial charge is 0.109 e. The van der Waals surface area contributed by atoms with E-state index in [1.165, 1.54) is 37.2 Å². The van der Waals surface area contributed by atoms with Crippen LogP contribution < -0.4 is 5.32 Å². The van der Waals surface area contributed by atoms with Crippen molar-refractivity contribution < 1.29 is 0 Å². The highest BCUT2D eigenvalue weighted by molar-refractivity contribution is 5.07. The van der Waals surface area contributed by atoms with Crippen LogP contribution in [0, 0.1) is 11.8 Å². The van der Waals surface area contributed by atoms with Crippen LogP contribution in [0.15, 0.2) is 6.20 Å². The van der Waals surface area contributed by atoms with E-state index in [4.69, 9.17) is 0 Å². The molecule has 20 heavy (non-hydrogen) atoms. The molecule has 0 saturated heterocycles. The highest BCUT2D eigenvalue weighted by Crippen LogP contribution is 2.37. The second-order valence-corrected chi connectivity index (χ2v) is 7.75. The first-order chi connectivity index (χ1) is 9.35. The summed E-state index contributed by atoms with van der Waals surface area (Å²) in [6.45, 7) is 12.2. The Balaban J connectivity index is 1.87. The molecule has 0 amide bonds. The van der Waals surface area contributed by atoms with Crippen LogP contribution in [0.3, 0.4) is 0 Å². The molecular weight excluding hydrogens is 246 g/mol. The summed E-state index contributed by atoms with van der Waals surface area (Å²) < 4.78 is 0. The predicted molar refractivity (Wildman–Crippen MR) is 84.7 cm³/mol. The average molecular weight is 277 g/mol. The number of nitrogens with zero attached hydrogens (tertiary/aromatic N) is 1. The predicted octanol–water partition coefficient (Wildman–Crippen LogP) is 4.23. The van der Waals surface area contributed by atoms with E-state index in [1.807, 2.05) is 6.20 Å². The number of nitrogens with one attached hydrogen (secondary N) is 2. The van der Waals surface area contributed by atoms with Crippen molar-refractivity contribution in [1.29, 1.82) is 0 Å². The lowest BCUT2D eigenvalue weighted by atomic mass is 9.77. The zero-order chi connectivity index (χ0) is 14.8. The van der Waals surface area contributed by atoms with Crippen molar-refractivity contribution in [3.8, 4) is 0 Å². The van der Waals surface area contributed by atoms with Gasteiger partial charge in [0.25, 0.3) is 0 Å². The third-order valence-electron chi connectivity index (χ3n) is 4.56. The molecular formula is C17H31N3. The molecule has 1 aromatic heterocycles. The average Bonchev–Trinajstić information content (AvgIpc) is 2.84. The fourth-order valence-electron chi connectivity index (χ4n) is 3.09. The lowest BCUT2D eigenvalue weighted by Crippen LogP contribution is -2.35. The molecule has 1 aromatic rings. The zero-order valence-electron chi connectivity index (χ0n) is 13.8. The summed E-state index contributed by atoms with van der Waals surface area (Å²) in [5, 5.41) is 3.51. The number of imidazole rings is 1. The zero-order valence-corrected chi connectivity index (χ0v) is 13.8. The molecule has 3 heteroatoms. The Morgan fingerprint density at radius 2 is 1.90 bits per heavy atom. The Kier molecular flexibility index (Phi) is 4.90. The third kappa shape index (κ3) is 4.34. The SMILES string of the molecule is CC(C)C1CCC(c2ncc(CNC(C)(C)C)[nH]2)CC1. The Labute approximate surface area is 124 Å². The number of hydrogen-bond acceptors (Lipinski definition) is 2. The summed E-state index contributed by atoms with van der Waals surface area (Å²) in [6, 6.07) is 0. The molecule has 114 valence electrons. The standard InChI is InChI=1S/C17H31N3/c1-12(2)13-6-8-14(9-7-13)16-18-10-15(20-16)11-19-17(3,4)5/h10,12-14,19H,6-9,11H2,1-5H3,(H,18,20). The first kappa shape index (κ1) is 15.6. The van der Waals surface area contributed by atoms with Crippen LogP contribution in [0.4, 0.5) is 0 Å². The fourth-order valence-corrected chi connectivity index (χ4v) is 3.09. The summed E-state index contributed by atoms with van der Waals surface area (Å²) in [7, 11) is 0. The molecule has 1 fully saturated rings. The second kappa shape index (κ2) is 6.30. The molecule has 0 atom stereocenters. The van der Waals surface area contributed by atoms with Crippen molar-refractivity contribution in [2.75, 3.05) is 0 Å². The van der Waals surface area contributed by atoms with Crippen molar-refractivity contribution in [1.82, 2.24) is 15.3 Å². The topological polar surface area (TPSA) is 40.7 Å². The van der Waals surface area contributed by atoms with Crippen molar-refractivity contribution in [2.45, 2.75) is 78.3 Å². The van der Waals surface area contributed by atoms with Crippen molar-refractivity contribution >= 4 is 0 Å². The molecule has 0 aliphatic heterocycles. The van der Waals surface area contributed by atoms with Gasteiger partial charge in [-0.1, -0.05) is 13.8 Å². The Bertz CT molecular complexity index is 406. The Morgan fingerprint density at radius 3 is 2.45 bits per heavy atom. The van der Waals surface area contributed by atoms with Gasteiger partial charge in [-0.15, -0.1) is 0 Å². The van der Waals surface area contributed by atoms with E-state index in [1.54, 1.807) is 0 Å². The van der Waals surface area contributed by atoms with Crippen LogP contribution in [0.1, 0.15) is 77.7 Å². The summed E-state index contributed by atoms with van der Waals surface area (Å²) in [4.78, 5) is 8.14. The van der Waals surface area contributed by atoms with E-state index in [0.29, 0.717) is 5.92 Å². The van der Waals surface area contributed by atoms with Gasteiger partial charge < -0.3 is 10.3 Å². The van der Waals surface area contributed by atoms with Gasteiger partial charge in [0.2, 0.25) is 0 Å². The maximum atomic E-state index is 4.61. The van der Waals surface area contributed by atoms with Crippen LogP contribution in [0.2, 0.25) is 0 Å². The summed E-state index contributed by atoms with van der Waals surface area (Å²) in [5.74, 6) is 3.61. The van der Waals surface area contributed by atoms with Crippen LogP contribution in [-0.4, -0.2) is 15.5 Å². The van der Waals surface area contributed by atoms with E-state index in [2.05, 4.69) is 49.9 Å². The van der Waals surface area contributed by atoms with Gasteiger partial charge >= 0.3 is 0 Å². The van der Waals surface area contributed by atoms with Crippen LogP contribution in [0.5, 0.6) is 0 Å². The minimum Gasteiger partial charge on any atom is -0.345 e. The fraction of sp³-hybridized carbons (Fsp3) is 0.824. The van der Waals surface area contributed by atoms with E-state index in [-0.39, 0.29) is 5.54 Å². The highest BCUT2D eigenvalue weighted by Gasteiger charge is 2.25. The van der Waals surface area contributed by atoms with Gasteiger partial charge in [-0.2, -0.15) is 0 Å². The van der Waals surface area contributed by atoms with Crippen LogP contribution in [0.25, 0.3) is 0 Å².